The van der Waals surface area contributed by atoms with Gasteiger partial charge < -0.3 is 19.3 Å². The SMILES string of the molecule is CN(C)c1nc(N(C#N)CCOc2ccc(Br)cc2)nc(N2CCOCC2)n1. The van der Waals surface area contributed by atoms with Crippen LogP contribution in [0.3, 0.4) is 0 Å². The van der Waals surface area contributed by atoms with Gasteiger partial charge in [-0.3, -0.25) is 0 Å². The summed E-state index contributed by atoms with van der Waals surface area (Å²) in [5.74, 6) is 2.09. The molecule has 1 aromatic carbocycles. The number of morpholine rings is 1. The highest BCUT2D eigenvalue weighted by molar-refractivity contribution is 9.10. The number of halogens is 1. The van der Waals surface area contributed by atoms with Gasteiger partial charge in [-0.05, 0) is 24.3 Å². The average molecular weight is 448 g/mol. The molecule has 0 N–H and O–H groups in total. The molecule has 1 aromatic heterocycles. The van der Waals surface area contributed by atoms with E-state index in [0.717, 1.165) is 10.2 Å². The Balaban J connectivity index is 1.73. The van der Waals surface area contributed by atoms with Gasteiger partial charge in [0.2, 0.25) is 17.8 Å². The van der Waals surface area contributed by atoms with E-state index >= 15 is 0 Å². The summed E-state index contributed by atoms with van der Waals surface area (Å²) >= 11 is 3.39. The van der Waals surface area contributed by atoms with Crippen LogP contribution in [0.2, 0.25) is 0 Å². The van der Waals surface area contributed by atoms with Crippen molar-refractivity contribution < 1.29 is 9.47 Å². The number of hydrogen-bond donors (Lipinski definition) is 0. The molecule has 0 spiro atoms. The van der Waals surface area contributed by atoms with Gasteiger partial charge in [0.05, 0.1) is 19.8 Å². The highest BCUT2D eigenvalue weighted by Crippen LogP contribution is 2.19. The summed E-state index contributed by atoms with van der Waals surface area (Å²) in [4.78, 5) is 18.7. The summed E-state index contributed by atoms with van der Waals surface area (Å²) in [6, 6.07) is 7.54. The molecule has 0 saturated carbocycles. The van der Waals surface area contributed by atoms with E-state index in [1.807, 2.05) is 43.3 Å². The van der Waals surface area contributed by atoms with E-state index in [4.69, 9.17) is 9.47 Å². The Kier molecular flexibility index (Phi) is 6.84. The quantitative estimate of drug-likeness (QED) is 0.465. The van der Waals surface area contributed by atoms with E-state index < -0.39 is 0 Å². The molecule has 0 amide bonds. The van der Waals surface area contributed by atoms with Gasteiger partial charge in [-0.2, -0.15) is 20.2 Å². The zero-order valence-corrected chi connectivity index (χ0v) is 17.5. The Morgan fingerprint density at radius 2 is 1.82 bits per heavy atom. The van der Waals surface area contributed by atoms with Crippen LogP contribution in [0.5, 0.6) is 5.75 Å². The smallest absolute Gasteiger partial charge is 0.245 e. The molecule has 0 bridgehead atoms. The summed E-state index contributed by atoms with van der Waals surface area (Å²) in [7, 11) is 3.71. The number of anilines is 3. The van der Waals surface area contributed by atoms with Gasteiger partial charge in [0.15, 0.2) is 6.19 Å². The van der Waals surface area contributed by atoms with Gasteiger partial charge in [0.1, 0.15) is 12.4 Å². The minimum atomic E-state index is 0.307. The number of hydrogen-bond acceptors (Lipinski definition) is 9. The largest absolute Gasteiger partial charge is 0.492 e. The summed E-state index contributed by atoms with van der Waals surface area (Å²) < 4.78 is 12.1. The number of ether oxygens (including phenoxy) is 2. The number of rotatable bonds is 7. The van der Waals surface area contributed by atoms with Crippen LogP contribution >= 0.6 is 15.9 Å². The second-order valence-corrected chi connectivity index (χ2v) is 7.20. The molecule has 28 heavy (non-hydrogen) atoms. The lowest BCUT2D eigenvalue weighted by atomic mass is 10.3. The van der Waals surface area contributed by atoms with Crippen LogP contribution in [-0.4, -0.2) is 68.5 Å². The number of aromatic nitrogens is 3. The lowest BCUT2D eigenvalue weighted by molar-refractivity contribution is 0.122. The second-order valence-electron chi connectivity index (χ2n) is 6.28. The maximum atomic E-state index is 9.61. The van der Waals surface area contributed by atoms with E-state index in [1.165, 1.54) is 4.90 Å². The number of nitrogens with zero attached hydrogens (tertiary/aromatic N) is 7. The van der Waals surface area contributed by atoms with Crippen LogP contribution < -0.4 is 19.4 Å². The van der Waals surface area contributed by atoms with Crippen molar-refractivity contribution in [1.82, 2.24) is 15.0 Å². The lowest BCUT2D eigenvalue weighted by Gasteiger charge is -2.28. The minimum absolute atomic E-state index is 0.307. The highest BCUT2D eigenvalue weighted by atomic mass is 79.9. The summed E-state index contributed by atoms with van der Waals surface area (Å²) in [6.45, 7) is 3.31. The summed E-state index contributed by atoms with van der Waals surface area (Å²) in [5.41, 5.74) is 0. The Hall–Kier alpha value is -2.64. The third-order valence-electron chi connectivity index (χ3n) is 4.05. The van der Waals surface area contributed by atoms with Gasteiger partial charge in [0.25, 0.3) is 0 Å². The molecule has 0 aliphatic carbocycles. The van der Waals surface area contributed by atoms with Crippen LogP contribution in [-0.2, 0) is 4.74 Å². The molecule has 148 valence electrons. The minimum Gasteiger partial charge on any atom is -0.492 e. The van der Waals surface area contributed by atoms with Crippen LogP contribution in [0.1, 0.15) is 0 Å². The standard InChI is InChI=1S/C18H22BrN7O2/c1-24(2)16-21-17(25-7-10-27-11-8-25)23-18(22-16)26(13-20)9-12-28-15-5-3-14(19)4-6-15/h3-6H,7-12H2,1-2H3. The van der Waals surface area contributed by atoms with Crippen molar-refractivity contribution in [3.8, 4) is 11.9 Å². The number of benzene rings is 1. The van der Waals surface area contributed by atoms with Gasteiger partial charge in [-0.1, -0.05) is 15.9 Å². The molecule has 1 aliphatic heterocycles. The molecule has 0 atom stereocenters. The zero-order valence-electron chi connectivity index (χ0n) is 15.9. The summed E-state index contributed by atoms with van der Waals surface area (Å²) in [5, 5.41) is 9.61. The third-order valence-corrected chi connectivity index (χ3v) is 4.58. The summed E-state index contributed by atoms with van der Waals surface area (Å²) in [6.07, 6.45) is 2.14. The molecule has 3 rings (SSSR count). The zero-order chi connectivity index (χ0) is 19.9. The molecule has 2 aromatic rings. The van der Waals surface area contributed by atoms with E-state index in [1.54, 1.807) is 4.90 Å². The van der Waals surface area contributed by atoms with Crippen LogP contribution in [0.15, 0.2) is 28.7 Å². The molecule has 9 nitrogen and oxygen atoms in total. The van der Waals surface area contributed by atoms with Gasteiger partial charge in [-0.25, -0.2) is 4.90 Å². The van der Waals surface area contributed by atoms with Gasteiger partial charge in [0, 0.05) is 31.7 Å². The van der Waals surface area contributed by atoms with Crippen molar-refractivity contribution in [3.63, 3.8) is 0 Å². The highest BCUT2D eigenvalue weighted by Gasteiger charge is 2.20. The number of nitriles is 1. The normalized spacial score (nSPS) is 13.7. The second kappa shape index (κ2) is 9.52. The molecule has 1 saturated heterocycles. The molecular weight excluding hydrogens is 426 g/mol. The molecule has 0 unspecified atom stereocenters. The Morgan fingerprint density at radius 3 is 2.46 bits per heavy atom. The monoisotopic (exact) mass is 447 g/mol. The molecule has 1 fully saturated rings. The van der Waals surface area contributed by atoms with Crippen molar-refractivity contribution in [2.45, 2.75) is 0 Å². The van der Waals surface area contributed by atoms with E-state index in [2.05, 4.69) is 37.1 Å². The predicted molar refractivity (Wildman–Crippen MR) is 110 cm³/mol. The van der Waals surface area contributed by atoms with Crippen molar-refractivity contribution >= 4 is 33.8 Å². The Bertz CT molecular complexity index is 820. The molecular formula is C18H22BrN7O2. The Morgan fingerprint density at radius 1 is 1.14 bits per heavy atom. The van der Waals surface area contributed by atoms with Crippen molar-refractivity contribution in [2.75, 3.05) is 68.2 Å². The van der Waals surface area contributed by atoms with Crippen LogP contribution in [0, 0.1) is 11.5 Å². The first-order chi connectivity index (χ1) is 13.6. The maximum Gasteiger partial charge on any atom is 0.245 e. The van der Waals surface area contributed by atoms with E-state index in [0.29, 0.717) is 57.3 Å². The average Bonchev–Trinajstić information content (AvgIpc) is 2.73. The van der Waals surface area contributed by atoms with Crippen molar-refractivity contribution in [3.05, 3.63) is 28.7 Å². The first-order valence-corrected chi connectivity index (χ1v) is 9.68. The molecule has 1 aliphatic rings. The molecule has 2 heterocycles. The Labute approximate surface area is 172 Å². The third kappa shape index (κ3) is 5.21. The fourth-order valence-corrected chi connectivity index (χ4v) is 2.81. The fourth-order valence-electron chi connectivity index (χ4n) is 2.55. The van der Waals surface area contributed by atoms with Gasteiger partial charge >= 0.3 is 0 Å². The first-order valence-electron chi connectivity index (χ1n) is 8.88. The van der Waals surface area contributed by atoms with E-state index in [9.17, 15) is 5.26 Å². The predicted octanol–water partition coefficient (Wildman–Crippen LogP) is 1.90. The van der Waals surface area contributed by atoms with E-state index in [-0.39, 0.29) is 0 Å². The molecule has 0 radical (unpaired) electrons. The van der Waals surface area contributed by atoms with Crippen LogP contribution in [0.25, 0.3) is 0 Å². The van der Waals surface area contributed by atoms with Crippen LogP contribution in [0.4, 0.5) is 17.8 Å². The van der Waals surface area contributed by atoms with Crippen molar-refractivity contribution in [1.29, 1.82) is 5.26 Å². The van der Waals surface area contributed by atoms with Crippen molar-refractivity contribution in [2.24, 2.45) is 0 Å². The lowest BCUT2D eigenvalue weighted by Crippen LogP contribution is -2.38. The topological polar surface area (TPSA) is 90.6 Å². The fraction of sp³-hybridized carbons (Fsp3) is 0.444. The molecule has 10 heteroatoms. The maximum absolute atomic E-state index is 9.61. The first kappa shape index (κ1) is 20.1. The van der Waals surface area contributed by atoms with Gasteiger partial charge in [-0.15, -0.1) is 0 Å².